The lowest BCUT2D eigenvalue weighted by Gasteiger charge is -2.42. The molecule has 1 fully saturated rings. The van der Waals surface area contributed by atoms with Crippen LogP contribution >= 0.6 is 24.0 Å². The Hall–Kier alpha value is -2.71. The molecule has 0 spiro atoms. The van der Waals surface area contributed by atoms with Crippen molar-refractivity contribution < 1.29 is 19.4 Å². The molecule has 1 saturated heterocycles. The second-order valence-electron chi connectivity index (χ2n) is 10.5. The molecule has 2 heterocycles. The number of carboxylic acid groups (broad SMARTS) is 1. The highest BCUT2D eigenvalue weighted by atomic mass is 32.2. The monoisotopic (exact) mass is 510 g/mol. The molecule has 4 rings (SSSR count). The normalized spacial score (nSPS) is 19.7. The average Bonchev–Trinajstić information content (AvgIpc) is 3.03. The lowest BCUT2D eigenvalue weighted by molar-refractivity contribution is -0.140. The second kappa shape index (κ2) is 9.06. The van der Waals surface area contributed by atoms with Crippen molar-refractivity contribution in [1.82, 2.24) is 9.88 Å². The molecule has 2 aliphatic rings. The molecule has 1 aliphatic carbocycles. The van der Waals surface area contributed by atoms with Crippen LogP contribution in [0.3, 0.4) is 0 Å². The summed E-state index contributed by atoms with van der Waals surface area (Å²) in [7, 11) is 1.60. The number of nitrogens with zero attached hydrogens (tertiary/aromatic N) is 2. The molecule has 1 N–H and O–H groups in total. The van der Waals surface area contributed by atoms with Crippen molar-refractivity contribution in [2.24, 2.45) is 0 Å². The third-order valence-electron chi connectivity index (χ3n) is 7.02. The van der Waals surface area contributed by atoms with E-state index in [2.05, 4.69) is 51.7 Å². The maximum atomic E-state index is 12.7. The van der Waals surface area contributed by atoms with E-state index in [0.29, 0.717) is 16.3 Å². The Kier molecular flexibility index (Phi) is 6.57. The van der Waals surface area contributed by atoms with Crippen molar-refractivity contribution in [1.29, 1.82) is 0 Å². The predicted octanol–water partition coefficient (Wildman–Crippen LogP) is 5.70. The Morgan fingerprint density at radius 1 is 1.17 bits per heavy atom. The van der Waals surface area contributed by atoms with Crippen molar-refractivity contribution in [2.75, 3.05) is 13.7 Å². The highest BCUT2D eigenvalue weighted by Crippen LogP contribution is 2.48. The number of carbonyl (C=O) groups excluding carboxylic acids is 1. The van der Waals surface area contributed by atoms with Crippen LogP contribution in [-0.4, -0.2) is 44.8 Å². The molecule has 8 heteroatoms. The van der Waals surface area contributed by atoms with Gasteiger partial charge in [-0.05, 0) is 76.6 Å². The van der Waals surface area contributed by atoms with Gasteiger partial charge in [-0.25, -0.2) is 4.98 Å². The molecule has 1 aromatic carbocycles. The third kappa shape index (κ3) is 4.74. The molecule has 2 aromatic rings. The van der Waals surface area contributed by atoms with Crippen LogP contribution in [0.1, 0.15) is 62.8 Å². The van der Waals surface area contributed by atoms with Gasteiger partial charge in [-0.1, -0.05) is 57.7 Å². The Morgan fingerprint density at radius 3 is 2.40 bits per heavy atom. The summed E-state index contributed by atoms with van der Waals surface area (Å²) in [6, 6.07) is 6.54. The van der Waals surface area contributed by atoms with Crippen LogP contribution in [-0.2, 0) is 20.4 Å². The van der Waals surface area contributed by atoms with Gasteiger partial charge in [0.25, 0.3) is 5.91 Å². The molecule has 184 valence electrons. The van der Waals surface area contributed by atoms with Crippen molar-refractivity contribution >= 4 is 46.3 Å². The van der Waals surface area contributed by atoms with E-state index in [1.165, 1.54) is 11.1 Å². The van der Waals surface area contributed by atoms with Crippen LogP contribution in [0, 0.1) is 6.92 Å². The summed E-state index contributed by atoms with van der Waals surface area (Å²) in [5.41, 5.74) is 6.66. The third-order valence-corrected chi connectivity index (χ3v) is 8.40. The Bertz CT molecular complexity index is 1280. The van der Waals surface area contributed by atoms with Gasteiger partial charge in [-0.2, -0.15) is 0 Å². The van der Waals surface area contributed by atoms with Crippen LogP contribution in [0.5, 0.6) is 5.88 Å². The molecule has 35 heavy (non-hydrogen) atoms. The number of methoxy groups -OCH3 is 1. The van der Waals surface area contributed by atoms with Crippen molar-refractivity contribution in [3.05, 3.63) is 51.6 Å². The van der Waals surface area contributed by atoms with Crippen molar-refractivity contribution in [2.45, 2.75) is 58.3 Å². The number of aliphatic carboxylic acids is 1. The van der Waals surface area contributed by atoms with Crippen LogP contribution in [0.25, 0.3) is 17.2 Å². The minimum atomic E-state index is -1.11. The minimum absolute atomic E-state index is 0.0593. The molecule has 1 amide bonds. The Balaban J connectivity index is 1.80. The quantitative estimate of drug-likeness (QED) is 0.408. The lowest BCUT2D eigenvalue weighted by atomic mass is 9.62. The highest BCUT2D eigenvalue weighted by Gasteiger charge is 2.38. The number of thiocarbonyl (C=S) groups is 1. The molecule has 6 nitrogen and oxygen atoms in total. The summed E-state index contributed by atoms with van der Waals surface area (Å²) in [6.07, 6.45) is 5.61. The fourth-order valence-corrected chi connectivity index (χ4v) is 6.09. The summed E-state index contributed by atoms with van der Waals surface area (Å²) in [6.45, 7) is 10.9. The second-order valence-corrected chi connectivity index (χ2v) is 12.1. The number of carboxylic acids is 1. The van der Waals surface area contributed by atoms with Gasteiger partial charge in [0.1, 0.15) is 10.9 Å². The maximum Gasteiger partial charge on any atom is 0.323 e. The molecule has 0 unspecified atom stereocenters. The number of amides is 1. The van der Waals surface area contributed by atoms with Gasteiger partial charge in [-0.15, -0.1) is 0 Å². The van der Waals surface area contributed by atoms with Crippen molar-refractivity contribution in [3.8, 4) is 17.0 Å². The number of carbonyl (C=O) groups is 2. The van der Waals surface area contributed by atoms with E-state index >= 15 is 0 Å². The van der Waals surface area contributed by atoms with Crippen LogP contribution in [0.2, 0.25) is 0 Å². The van der Waals surface area contributed by atoms with E-state index in [0.717, 1.165) is 46.2 Å². The van der Waals surface area contributed by atoms with Crippen LogP contribution in [0.15, 0.2) is 29.3 Å². The van der Waals surface area contributed by atoms with Gasteiger partial charge in [0.05, 0.1) is 12.0 Å². The molecular weight excluding hydrogens is 480 g/mol. The summed E-state index contributed by atoms with van der Waals surface area (Å²) >= 11 is 6.31. The van der Waals surface area contributed by atoms with E-state index in [4.69, 9.17) is 22.1 Å². The first-order chi connectivity index (χ1) is 16.3. The number of rotatable bonds is 5. The number of pyridine rings is 1. The van der Waals surface area contributed by atoms with Gasteiger partial charge in [-0.3, -0.25) is 14.5 Å². The van der Waals surface area contributed by atoms with Crippen LogP contribution in [0.4, 0.5) is 0 Å². The van der Waals surface area contributed by atoms with Crippen LogP contribution < -0.4 is 4.74 Å². The lowest BCUT2D eigenvalue weighted by Crippen LogP contribution is -2.34. The summed E-state index contributed by atoms with van der Waals surface area (Å²) in [4.78, 5) is 29.8. The first-order valence-electron chi connectivity index (χ1n) is 11.5. The number of thioether (sulfide) groups is 1. The smallest absolute Gasteiger partial charge is 0.323 e. The van der Waals surface area contributed by atoms with E-state index < -0.39 is 18.4 Å². The molecule has 0 saturated carbocycles. The SMILES string of the molecule is COc1ncc(C=C2SC(=S)N(CC(=O)O)C2=O)cc1-c1cc2c(cc1C)C(C)(C)CCC2(C)C. The van der Waals surface area contributed by atoms with E-state index in [-0.39, 0.29) is 15.2 Å². The van der Waals surface area contributed by atoms with E-state index in [9.17, 15) is 9.59 Å². The number of ether oxygens (including phenoxy) is 1. The Labute approximate surface area is 215 Å². The number of aryl methyl sites for hydroxylation is 1. The minimum Gasteiger partial charge on any atom is -0.481 e. The van der Waals surface area contributed by atoms with Gasteiger partial charge >= 0.3 is 5.97 Å². The fourth-order valence-electron chi connectivity index (χ4n) is 4.84. The zero-order valence-corrected chi connectivity index (χ0v) is 22.5. The van der Waals surface area contributed by atoms with E-state index in [1.54, 1.807) is 19.4 Å². The maximum absolute atomic E-state index is 12.7. The summed E-state index contributed by atoms with van der Waals surface area (Å²) < 4.78 is 5.85. The van der Waals surface area contributed by atoms with Gasteiger partial charge in [0, 0.05) is 11.8 Å². The van der Waals surface area contributed by atoms with E-state index in [1.807, 2.05) is 6.07 Å². The molecule has 0 radical (unpaired) electrons. The summed E-state index contributed by atoms with van der Waals surface area (Å²) in [5.74, 6) is -1.00. The molecule has 1 aliphatic heterocycles. The molecule has 0 bridgehead atoms. The topological polar surface area (TPSA) is 79.7 Å². The molecular formula is C27H30N2O4S2. The van der Waals surface area contributed by atoms with Gasteiger partial charge < -0.3 is 9.84 Å². The van der Waals surface area contributed by atoms with Gasteiger partial charge in [0.2, 0.25) is 5.88 Å². The average molecular weight is 511 g/mol. The first-order valence-corrected chi connectivity index (χ1v) is 12.7. The summed E-state index contributed by atoms with van der Waals surface area (Å²) in [5, 5.41) is 9.08. The zero-order valence-electron chi connectivity index (χ0n) is 20.9. The van der Waals surface area contributed by atoms with Gasteiger partial charge in [0.15, 0.2) is 0 Å². The number of hydrogen-bond acceptors (Lipinski definition) is 6. The highest BCUT2D eigenvalue weighted by molar-refractivity contribution is 8.26. The largest absolute Gasteiger partial charge is 0.481 e. The predicted molar refractivity (Wildman–Crippen MR) is 144 cm³/mol. The number of aromatic nitrogens is 1. The number of benzene rings is 1. The number of hydrogen-bond donors (Lipinski definition) is 1. The zero-order chi connectivity index (χ0) is 25.7. The molecule has 1 aromatic heterocycles. The molecule has 0 atom stereocenters. The standard InChI is InChI=1S/C27H30N2O4S2/c1-15-9-19-20(27(4,5)8-7-26(19,2)3)12-17(15)18-10-16(13-28-23(18)33-6)11-21-24(32)29(14-22(30)31)25(34)35-21/h9-13H,7-8,14H2,1-6H3,(H,30,31). The fraction of sp³-hybridized carbons (Fsp3) is 0.407. The first kappa shape index (κ1) is 25.4. The van der Waals surface area contributed by atoms with Crippen molar-refractivity contribution in [3.63, 3.8) is 0 Å². The number of fused-ring (bicyclic) bond motifs is 1. The Morgan fingerprint density at radius 2 is 1.80 bits per heavy atom.